The van der Waals surface area contributed by atoms with Gasteiger partial charge in [-0.3, -0.25) is 9.78 Å². The number of amides is 1. The number of likely N-dealkylation sites (tertiary alicyclic amines) is 1. The van der Waals surface area contributed by atoms with Gasteiger partial charge in [-0.1, -0.05) is 53.7 Å². The van der Waals surface area contributed by atoms with Crippen LogP contribution in [0.1, 0.15) is 34.8 Å². The molecule has 6 heteroatoms. The third-order valence-corrected chi connectivity index (χ3v) is 6.00. The summed E-state index contributed by atoms with van der Waals surface area (Å²) in [4.78, 5) is 24.2. The number of aryl methyl sites for hydroxylation is 1. The molecule has 1 aliphatic rings. The minimum absolute atomic E-state index is 0.00683. The highest BCUT2D eigenvalue weighted by Crippen LogP contribution is 2.25. The number of fused-ring (bicyclic) bond motifs is 1. The highest BCUT2D eigenvalue weighted by atomic mass is 16.5. The SMILES string of the molecule is Cc1ccccc1-c1noc(CC2CCCN(C(=O)c3nccc4ccccc34)C2)n1. The van der Waals surface area contributed by atoms with Crippen molar-refractivity contribution in [2.24, 2.45) is 5.92 Å². The number of aromatic nitrogens is 3. The number of pyridine rings is 1. The van der Waals surface area contributed by atoms with Crippen molar-refractivity contribution in [1.29, 1.82) is 0 Å². The van der Waals surface area contributed by atoms with Gasteiger partial charge in [0, 0.05) is 36.7 Å². The smallest absolute Gasteiger partial charge is 0.273 e. The molecule has 4 aromatic rings. The third kappa shape index (κ3) is 3.93. The second-order valence-corrected chi connectivity index (χ2v) is 8.17. The van der Waals surface area contributed by atoms with Gasteiger partial charge in [0.05, 0.1) is 0 Å². The first-order valence-corrected chi connectivity index (χ1v) is 10.7. The van der Waals surface area contributed by atoms with E-state index in [0.29, 0.717) is 30.4 Å². The van der Waals surface area contributed by atoms with Crippen molar-refractivity contribution in [2.45, 2.75) is 26.2 Å². The molecule has 1 aliphatic heterocycles. The lowest BCUT2D eigenvalue weighted by molar-refractivity contribution is 0.0664. The van der Waals surface area contributed by atoms with Crippen molar-refractivity contribution in [3.05, 3.63) is 77.9 Å². The van der Waals surface area contributed by atoms with Crippen LogP contribution in [0.25, 0.3) is 22.2 Å². The molecule has 6 nitrogen and oxygen atoms in total. The summed E-state index contributed by atoms with van der Waals surface area (Å²) in [6.07, 6.45) is 4.38. The van der Waals surface area contributed by atoms with Gasteiger partial charge in [0.15, 0.2) is 0 Å². The van der Waals surface area contributed by atoms with Gasteiger partial charge in [-0.25, -0.2) is 0 Å². The molecule has 2 aromatic heterocycles. The number of carbonyl (C=O) groups excluding carboxylic acids is 1. The highest BCUT2D eigenvalue weighted by molar-refractivity contribution is 6.05. The Morgan fingerprint density at radius 2 is 1.97 bits per heavy atom. The van der Waals surface area contributed by atoms with Crippen molar-refractivity contribution in [3.8, 4) is 11.4 Å². The fraction of sp³-hybridized carbons (Fsp3) is 0.280. The van der Waals surface area contributed by atoms with Crippen LogP contribution in [0.15, 0.2) is 65.3 Å². The molecule has 0 spiro atoms. The Morgan fingerprint density at radius 1 is 1.13 bits per heavy atom. The highest BCUT2D eigenvalue weighted by Gasteiger charge is 2.27. The normalized spacial score (nSPS) is 16.5. The lowest BCUT2D eigenvalue weighted by Gasteiger charge is -2.32. The zero-order valence-corrected chi connectivity index (χ0v) is 17.5. The van der Waals surface area contributed by atoms with E-state index < -0.39 is 0 Å². The fourth-order valence-electron chi connectivity index (χ4n) is 4.37. The molecule has 156 valence electrons. The summed E-state index contributed by atoms with van der Waals surface area (Å²) >= 11 is 0. The van der Waals surface area contributed by atoms with Crippen molar-refractivity contribution in [1.82, 2.24) is 20.0 Å². The first kappa shape index (κ1) is 19.4. The largest absolute Gasteiger partial charge is 0.339 e. The molecule has 5 rings (SSSR count). The second kappa shape index (κ2) is 8.30. The van der Waals surface area contributed by atoms with Gasteiger partial charge in [0.2, 0.25) is 11.7 Å². The van der Waals surface area contributed by atoms with E-state index in [1.807, 2.05) is 66.4 Å². The summed E-state index contributed by atoms with van der Waals surface area (Å²) in [7, 11) is 0. The number of piperidine rings is 1. The molecule has 1 atom stereocenters. The first-order valence-electron chi connectivity index (χ1n) is 10.7. The Kier molecular flexibility index (Phi) is 5.20. The molecular weight excluding hydrogens is 388 g/mol. The Hall–Kier alpha value is -3.54. The van der Waals surface area contributed by atoms with E-state index in [1.165, 1.54) is 0 Å². The van der Waals surface area contributed by atoms with E-state index in [0.717, 1.165) is 41.3 Å². The molecular formula is C25H24N4O2. The average Bonchev–Trinajstić information content (AvgIpc) is 3.27. The van der Waals surface area contributed by atoms with Crippen LogP contribution in [0.4, 0.5) is 0 Å². The minimum atomic E-state index is -0.00683. The number of hydrogen-bond donors (Lipinski definition) is 0. The summed E-state index contributed by atoms with van der Waals surface area (Å²) in [6.45, 7) is 3.46. The van der Waals surface area contributed by atoms with E-state index in [2.05, 4.69) is 15.1 Å². The third-order valence-electron chi connectivity index (χ3n) is 6.00. The fourth-order valence-corrected chi connectivity index (χ4v) is 4.37. The van der Waals surface area contributed by atoms with Crippen LogP contribution in [0.2, 0.25) is 0 Å². The molecule has 1 fully saturated rings. The summed E-state index contributed by atoms with van der Waals surface area (Å²) in [5.41, 5.74) is 2.63. The van der Waals surface area contributed by atoms with E-state index in [-0.39, 0.29) is 11.8 Å². The maximum Gasteiger partial charge on any atom is 0.273 e. The maximum absolute atomic E-state index is 13.3. The van der Waals surface area contributed by atoms with Crippen molar-refractivity contribution >= 4 is 16.7 Å². The van der Waals surface area contributed by atoms with Gasteiger partial charge in [-0.05, 0) is 42.7 Å². The van der Waals surface area contributed by atoms with Gasteiger partial charge >= 0.3 is 0 Å². The zero-order valence-electron chi connectivity index (χ0n) is 17.5. The summed E-state index contributed by atoms with van der Waals surface area (Å²) in [5, 5.41) is 6.10. The standard InChI is InChI=1S/C25H24N4O2/c1-17-7-2-4-10-20(17)24-27-22(31-28-24)15-18-8-6-14-29(16-18)25(30)23-21-11-5-3-9-19(21)12-13-26-23/h2-5,7,9-13,18H,6,8,14-16H2,1H3. The lowest BCUT2D eigenvalue weighted by atomic mass is 9.94. The Bertz CT molecular complexity index is 1230. The first-order chi connectivity index (χ1) is 15.2. The molecule has 1 unspecified atom stereocenters. The molecule has 2 aromatic carbocycles. The van der Waals surface area contributed by atoms with Gasteiger partial charge < -0.3 is 9.42 Å². The Labute approximate surface area is 180 Å². The number of benzene rings is 2. The quantitative estimate of drug-likeness (QED) is 0.486. The molecule has 1 saturated heterocycles. The molecule has 0 bridgehead atoms. The van der Waals surface area contributed by atoms with Crippen LogP contribution in [0.5, 0.6) is 0 Å². The van der Waals surface area contributed by atoms with E-state index in [9.17, 15) is 4.79 Å². The topological polar surface area (TPSA) is 72.1 Å². The monoisotopic (exact) mass is 412 g/mol. The number of rotatable bonds is 4. The Balaban J connectivity index is 1.31. The van der Waals surface area contributed by atoms with E-state index in [4.69, 9.17) is 4.52 Å². The lowest BCUT2D eigenvalue weighted by Crippen LogP contribution is -2.41. The van der Waals surface area contributed by atoms with Crippen LogP contribution in [-0.4, -0.2) is 39.0 Å². The van der Waals surface area contributed by atoms with Crippen molar-refractivity contribution in [3.63, 3.8) is 0 Å². The molecule has 1 amide bonds. The van der Waals surface area contributed by atoms with Crippen LogP contribution in [0.3, 0.4) is 0 Å². The molecule has 0 radical (unpaired) electrons. The van der Waals surface area contributed by atoms with Gasteiger partial charge in [0.25, 0.3) is 5.91 Å². The molecule has 31 heavy (non-hydrogen) atoms. The van der Waals surface area contributed by atoms with E-state index >= 15 is 0 Å². The molecule has 0 N–H and O–H groups in total. The van der Waals surface area contributed by atoms with Gasteiger partial charge in [-0.2, -0.15) is 4.98 Å². The number of nitrogens with zero attached hydrogens (tertiary/aromatic N) is 4. The average molecular weight is 412 g/mol. The van der Waals surface area contributed by atoms with Crippen LogP contribution in [-0.2, 0) is 6.42 Å². The van der Waals surface area contributed by atoms with Gasteiger partial charge in [-0.15, -0.1) is 0 Å². The summed E-state index contributed by atoms with van der Waals surface area (Å²) < 4.78 is 5.54. The van der Waals surface area contributed by atoms with Crippen molar-refractivity contribution < 1.29 is 9.32 Å². The predicted molar refractivity (Wildman–Crippen MR) is 119 cm³/mol. The second-order valence-electron chi connectivity index (χ2n) is 8.17. The zero-order chi connectivity index (χ0) is 21.2. The predicted octanol–water partition coefficient (Wildman–Crippen LogP) is 4.69. The Morgan fingerprint density at radius 3 is 2.87 bits per heavy atom. The van der Waals surface area contributed by atoms with Crippen molar-refractivity contribution in [2.75, 3.05) is 13.1 Å². The summed E-state index contributed by atoms with van der Waals surface area (Å²) in [6, 6.07) is 17.8. The van der Waals surface area contributed by atoms with Crippen LogP contribution >= 0.6 is 0 Å². The van der Waals surface area contributed by atoms with E-state index in [1.54, 1.807) is 6.20 Å². The number of carbonyl (C=O) groups is 1. The van der Waals surface area contributed by atoms with Crippen LogP contribution in [0, 0.1) is 12.8 Å². The molecule has 3 heterocycles. The molecule has 0 aliphatic carbocycles. The minimum Gasteiger partial charge on any atom is -0.339 e. The number of hydrogen-bond acceptors (Lipinski definition) is 5. The van der Waals surface area contributed by atoms with Gasteiger partial charge in [0.1, 0.15) is 5.69 Å². The summed E-state index contributed by atoms with van der Waals surface area (Å²) in [5.74, 6) is 1.53. The molecule has 0 saturated carbocycles. The van der Waals surface area contributed by atoms with Crippen LogP contribution < -0.4 is 0 Å². The maximum atomic E-state index is 13.3.